The number of H-pyrrole nitrogens is 1. The number of amides is 1. The summed E-state index contributed by atoms with van der Waals surface area (Å²) in [6.07, 6.45) is 6.79. The number of aromatic nitrogens is 6. The molecule has 1 aliphatic heterocycles. The lowest BCUT2D eigenvalue weighted by molar-refractivity contribution is 0.0945. The highest BCUT2D eigenvalue weighted by Gasteiger charge is 2.28. The third-order valence-corrected chi connectivity index (χ3v) is 5.96. The average Bonchev–Trinajstić information content (AvgIpc) is 3.54. The molecule has 4 aromatic rings. The third kappa shape index (κ3) is 4.07. The first-order valence-electron chi connectivity index (χ1n) is 10.8. The fourth-order valence-corrected chi connectivity index (χ4v) is 4.13. The second-order valence-corrected chi connectivity index (χ2v) is 8.07. The fraction of sp³-hybridized carbons (Fsp3) is 0.333. The molecule has 0 spiro atoms. The van der Waals surface area contributed by atoms with E-state index in [1.54, 1.807) is 6.21 Å². The van der Waals surface area contributed by atoms with Gasteiger partial charge >= 0.3 is 0 Å². The molecule has 0 saturated carbocycles. The van der Waals surface area contributed by atoms with E-state index in [9.17, 15) is 4.79 Å². The molecule has 1 aliphatic rings. The minimum Gasteiger partial charge on any atom is -0.378 e. The smallest absolute Gasteiger partial charge is 0.293 e. The molecular formula is C21H24N10O2. The summed E-state index contributed by atoms with van der Waals surface area (Å²) in [4.78, 5) is 18.4. The number of likely N-dealkylation sites (tertiary alicyclic amines) is 1. The average molecular weight is 448 g/mol. The Morgan fingerprint density at radius 1 is 1.36 bits per heavy atom. The number of para-hydroxylation sites is 1. The largest absolute Gasteiger partial charge is 0.378 e. The first-order valence-corrected chi connectivity index (χ1v) is 10.8. The van der Waals surface area contributed by atoms with Crippen molar-refractivity contribution >= 4 is 28.8 Å². The molecule has 0 aliphatic carbocycles. The first kappa shape index (κ1) is 20.8. The van der Waals surface area contributed by atoms with Crippen LogP contribution < -0.4 is 11.2 Å². The molecule has 0 radical (unpaired) electrons. The number of piperidine rings is 1. The summed E-state index contributed by atoms with van der Waals surface area (Å²) in [6.45, 7) is 3.54. The molecule has 33 heavy (non-hydrogen) atoms. The molecule has 4 N–H and O–H groups in total. The molecule has 12 heteroatoms. The number of hydrazone groups is 1. The van der Waals surface area contributed by atoms with Crippen LogP contribution in [0.3, 0.4) is 0 Å². The van der Waals surface area contributed by atoms with E-state index in [-0.39, 0.29) is 17.3 Å². The van der Waals surface area contributed by atoms with Crippen molar-refractivity contribution in [2.45, 2.75) is 38.8 Å². The highest BCUT2D eigenvalue weighted by atomic mass is 16.6. The molecule has 5 rings (SSSR count). The zero-order valence-electron chi connectivity index (χ0n) is 18.1. The maximum atomic E-state index is 13.0. The van der Waals surface area contributed by atoms with Crippen molar-refractivity contribution in [1.82, 2.24) is 40.6 Å². The number of carbonyl (C=O) groups excluding carboxylic acids is 1. The summed E-state index contributed by atoms with van der Waals surface area (Å²) < 4.78 is 6.13. The molecule has 1 unspecified atom stereocenters. The molecule has 1 amide bonds. The van der Waals surface area contributed by atoms with E-state index in [4.69, 9.17) is 10.4 Å². The summed E-state index contributed by atoms with van der Waals surface area (Å²) in [5.74, 6) is -0.215. The number of nitrogens with one attached hydrogen (secondary N) is 2. The number of nitrogens with two attached hydrogens (primary N) is 1. The Bertz CT molecular complexity index is 1300. The van der Waals surface area contributed by atoms with Gasteiger partial charge in [-0.3, -0.25) is 9.69 Å². The number of anilines is 1. The summed E-state index contributed by atoms with van der Waals surface area (Å²) in [5, 5.41) is 20.8. The number of fused-ring (bicyclic) bond motifs is 1. The van der Waals surface area contributed by atoms with E-state index in [2.05, 4.69) is 48.0 Å². The van der Waals surface area contributed by atoms with Gasteiger partial charge in [0.1, 0.15) is 0 Å². The van der Waals surface area contributed by atoms with Crippen molar-refractivity contribution in [2.75, 3.05) is 12.3 Å². The molecule has 1 saturated heterocycles. The number of carbonyl (C=O) groups is 1. The normalized spacial score (nSPS) is 17.2. The van der Waals surface area contributed by atoms with Crippen LogP contribution in [0, 0.1) is 0 Å². The van der Waals surface area contributed by atoms with Gasteiger partial charge in [0.2, 0.25) is 11.6 Å². The van der Waals surface area contributed by atoms with E-state index in [1.165, 1.54) is 11.1 Å². The number of rotatable bonds is 6. The Hall–Kier alpha value is -4.06. The van der Waals surface area contributed by atoms with Gasteiger partial charge in [-0.15, -0.1) is 5.10 Å². The van der Waals surface area contributed by atoms with Gasteiger partial charge in [0, 0.05) is 35.2 Å². The molecule has 3 aromatic heterocycles. The highest BCUT2D eigenvalue weighted by Crippen LogP contribution is 2.23. The van der Waals surface area contributed by atoms with Crippen molar-refractivity contribution in [1.29, 1.82) is 0 Å². The van der Waals surface area contributed by atoms with E-state index >= 15 is 0 Å². The Kier molecular flexibility index (Phi) is 5.57. The van der Waals surface area contributed by atoms with Crippen LogP contribution >= 0.6 is 0 Å². The van der Waals surface area contributed by atoms with Gasteiger partial charge in [-0.1, -0.05) is 29.8 Å². The van der Waals surface area contributed by atoms with Crippen LogP contribution in [-0.2, 0) is 6.54 Å². The van der Waals surface area contributed by atoms with E-state index in [0.717, 1.165) is 35.9 Å². The summed E-state index contributed by atoms with van der Waals surface area (Å²) in [7, 11) is 0. The lowest BCUT2D eigenvalue weighted by atomic mass is 10.0. The van der Waals surface area contributed by atoms with Crippen molar-refractivity contribution in [3.63, 3.8) is 0 Å². The van der Waals surface area contributed by atoms with Crippen LogP contribution in [0.1, 0.15) is 47.9 Å². The number of hydrogen-bond acceptors (Lipinski definition) is 9. The summed E-state index contributed by atoms with van der Waals surface area (Å²) >= 11 is 0. The second-order valence-electron chi connectivity index (χ2n) is 8.07. The Balaban J connectivity index is 1.41. The number of benzene rings is 1. The van der Waals surface area contributed by atoms with Crippen molar-refractivity contribution in [3.8, 4) is 5.82 Å². The van der Waals surface area contributed by atoms with Gasteiger partial charge in [0.05, 0.1) is 11.9 Å². The van der Waals surface area contributed by atoms with Gasteiger partial charge in [0.15, 0.2) is 5.69 Å². The first-order chi connectivity index (χ1) is 16.1. The molecule has 1 fully saturated rings. The molecule has 170 valence electrons. The molecule has 1 aromatic carbocycles. The van der Waals surface area contributed by atoms with Gasteiger partial charge in [0.25, 0.3) is 5.91 Å². The SMILES string of the molecule is CC1CCCCN1Cc1c(C(=O)N/N=C/c2c[nH]c3ccccc23)nnn1-c1nonc1N. The summed E-state index contributed by atoms with van der Waals surface area (Å²) in [5.41, 5.74) is 11.0. The van der Waals surface area contributed by atoms with Crippen LogP contribution in [0.4, 0.5) is 5.82 Å². The van der Waals surface area contributed by atoms with Gasteiger partial charge in [-0.2, -0.15) is 9.78 Å². The number of nitrogens with zero attached hydrogens (tertiary/aromatic N) is 7. The third-order valence-electron chi connectivity index (χ3n) is 5.96. The molecule has 12 nitrogen and oxygen atoms in total. The Labute approximate surface area is 188 Å². The van der Waals surface area contributed by atoms with Crippen LogP contribution in [0.2, 0.25) is 0 Å². The second kappa shape index (κ2) is 8.82. The maximum Gasteiger partial charge on any atom is 0.293 e. The zero-order chi connectivity index (χ0) is 22.8. The van der Waals surface area contributed by atoms with E-state index < -0.39 is 5.91 Å². The summed E-state index contributed by atoms with van der Waals surface area (Å²) in [6, 6.07) is 8.22. The lowest BCUT2D eigenvalue weighted by Gasteiger charge is -2.33. The van der Waals surface area contributed by atoms with Gasteiger partial charge < -0.3 is 10.7 Å². The topological polar surface area (TPSA) is 156 Å². The van der Waals surface area contributed by atoms with Gasteiger partial charge in [-0.25, -0.2) is 10.1 Å². The zero-order valence-corrected chi connectivity index (χ0v) is 18.1. The molecular weight excluding hydrogens is 424 g/mol. The quantitative estimate of drug-likeness (QED) is 0.298. The van der Waals surface area contributed by atoms with Crippen LogP contribution in [0.15, 0.2) is 40.2 Å². The standard InChI is InChI=1S/C21H24N10O2/c1-13-6-4-5-9-30(13)12-17-18(25-29-31(17)20-19(22)27-33-28-20)21(32)26-24-11-14-10-23-16-8-3-2-7-15(14)16/h2-3,7-8,10-11,13,23H,4-6,9,12H2,1H3,(H2,22,27)(H,26,32)/b24-11+. The van der Waals surface area contributed by atoms with Crippen LogP contribution in [-0.4, -0.2) is 59.9 Å². The highest BCUT2D eigenvalue weighted by molar-refractivity contribution is 6.00. The number of aromatic amines is 1. The molecule has 4 heterocycles. The number of hydrogen-bond donors (Lipinski definition) is 3. The fourth-order valence-electron chi connectivity index (χ4n) is 4.13. The van der Waals surface area contributed by atoms with Crippen LogP contribution in [0.5, 0.6) is 0 Å². The Morgan fingerprint density at radius 3 is 3.06 bits per heavy atom. The monoisotopic (exact) mass is 448 g/mol. The van der Waals surface area contributed by atoms with Crippen LogP contribution in [0.25, 0.3) is 16.7 Å². The minimum absolute atomic E-state index is 0.0668. The van der Waals surface area contributed by atoms with E-state index in [0.29, 0.717) is 18.3 Å². The van der Waals surface area contributed by atoms with Gasteiger partial charge in [-0.05, 0) is 42.7 Å². The minimum atomic E-state index is -0.480. The maximum absolute atomic E-state index is 13.0. The Morgan fingerprint density at radius 2 is 2.24 bits per heavy atom. The predicted octanol–water partition coefficient (Wildman–Crippen LogP) is 1.85. The van der Waals surface area contributed by atoms with Crippen molar-refractivity contribution < 1.29 is 9.42 Å². The lowest BCUT2D eigenvalue weighted by Crippen LogP contribution is -2.38. The molecule has 0 bridgehead atoms. The molecule has 1 atom stereocenters. The van der Waals surface area contributed by atoms with Crippen molar-refractivity contribution in [2.24, 2.45) is 5.10 Å². The van der Waals surface area contributed by atoms with E-state index in [1.807, 2.05) is 30.5 Å². The number of nitrogen functional groups attached to an aromatic ring is 1. The predicted molar refractivity (Wildman–Crippen MR) is 121 cm³/mol. The van der Waals surface area contributed by atoms with Crippen molar-refractivity contribution in [3.05, 3.63) is 47.4 Å².